The minimum atomic E-state index is -1.04. The molecule has 2 aromatic carbocycles. The Kier molecular flexibility index (Phi) is 10.7. The number of nitrogens with zero attached hydrogens (tertiary/aromatic N) is 1. The van der Waals surface area contributed by atoms with Crippen LogP contribution in [-0.4, -0.2) is 60.4 Å². The first-order chi connectivity index (χ1) is 19.4. The van der Waals surface area contributed by atoms with Crippen LogP contribution in [0, 0.1) is 0 Å². The third-order valence-corrected chi connectivity index (χ3v) is 9.01. The fraction of sp³-hybridized carbons (Fsp3) is 0.469. The molecule has 4 rings (SSSR count). The first-order valence-corrected chi connectivity index (χ1v) is 15.4. The number of carbonyl (C=O) groups is 3. The van der Waals surface area contributed by atoms with E-state index in [1.165, 1.54) is 11.3 Å². The zero-order valence-corrected chi connectivity index (χ0v) is 24.5. The molecule has 1 heterocycles. The van der Waals surface area contributed by atoms with Gasteiger partial charge in [0.05, 0.1) is 4.88 Å². The molecule has 1 aliphatic carbocycles. The maximum absolute atomic E-state index is 14.0. The fourth-order valence-electron chi connectivity index (χ4n) is 5.47. The maximum Gasteiger partial charge on any atom is 0.262 e. The van der Waals surface area contributed by atoms with E-state index in [4.69, 9.17) is 0 Å². The highest BCUT2D eigenvalue weighted by Crippen LogP contribution is 2.31. The summed E-state index contributed by atoms with van der Waals surface area (Å²) in [6.45, 7) is 7.68. The lowest BCUT2D eigenvalue weighted by atomic mass is 9.80. The summed E-state index contributed by atoms with van der Waals surface area (Å²) < 4.78 is 1.04. The summed E-state index contributed by atoms with van der Waals surface area (Å²) in [5.41, 5.74) is -0.0678. The first-order valence-electron chi connectivity index (χ1n) is 14.6. The van der Waals surface area contributed by atoms with Gasteiger partial charge in [0.25, 0.3) is 5.91 Å². The van der Waals surface area contributed by atoms with Crippen molar-refractivity contribution in [1.82, 2.24) is 20.9 Å². The Morgan fingerprint density at radius 1 is 0.950 bits per heavy atom. The number of benzene rings is 2. The Morgan fingerprint density at radius 3 is 2.35 bits per heavy atom. The third kappa shape index (κ3) is 7.70. The van der Waals surface area contributed by atoms with Gasteiger partial charge in [-0.3, -0.25) is 14.4 Å². The molecule has 3 aromatic rings. The summed E-state index contributed by atoms with van der Waals surface area (Å²) in [6.07, 6.45) is 5.05. The van der Waals surface area contributed by atoms with E-state index in [0.717, 1.165) is 61.0 Å². The quantitative estimate of drug-likeness (QED) is 0.258. The number of fused-ring (bicyclic) bond motifs is 1. The van der Waals surface area contributed by atoms with E-state index in [-0.39, 0.29) is 17.7 Å². The van der Waals surface area contributed by atoms with E-state index in [1.54, 1.807) is 0 Å². The van der Waals surface area contributed by atoms with Crippen molar-refractivity contribution < 1.29 is 14.4 Å². The predicted molar refractivity (Wildman–Crippen MR) is 163 cm³/mol. The largest absolute Gasteiger partial charge is 0.354 e. The average Bonchev–Trinajstić information content (AvgIpc) is 3.42. The van der Waals surface area contributed by atoms with Gasteiger partial charge in [-0.05, 0) is 62.0 Å². The molecule has 1 aliphatic rings. The van der Waals surface area contributed by atoms with Gasteiger partial charge in [0.2, 0.25) is 11.8 Å². The summed E-state index contributed by atoms with van der Waals surface area (Å²) in [7, 11) is 0. The number of rotatable bonds is 13. The second-order valence-electron chi connectivity index (χ2n) is 10.6. The zero-order chi connectivity index (χ0) is 28.4. The smallest absolute Gasteiger partial charge is 0.262 e. The highest BCUT2D eigenvalue weighted by molar-refractivity contribution is 7.20. The molecule has 1 fully saturated rings. The van der Waals surface area contributed by atoms with E-state index in [1.807, 2.05) is 60.7 Å². The highest BCUT2D eigenvalue weighted by atomic mass is 32.1. The molecule has 7 nitrogen and oxygen atoms in total. The van der Waals surface area contributed by atoms with E-state index in [2.05, 4.69) is 34.7 Å². The fourth-order valence-corrected chi connectivity index (χ4v) is 6.43. The monoisotopic (exact) mass is 562 g/mol. The van der Waals surface area contributed by atoms with Gasteiger partial charge in [0.15, 0.2) is 0 Å². The minimum Gasteiger partial charge on any atom is -0.354 e. The summed E-state index contributed by atoms with van der Waals surface area (Å²) in [5, 5.41) is 10.2. The van der Waals surface area contributed by atoms with Crippen molar-refractivity contribution in [2.45, 2.75) is 70.4 Å². The van der Waals surface area contributed by atoms with Gasteiger partial charge in [0.1, 0.15) is 11.6 Å². The van der Waals surface area contributed by atoms with Crippen molar-refractivity contribution in [3.8, 4) is 0 Å². The molecule has 0 radical (unpaired) electrons. The second kappa shape index (κ2) is 14.4. The second-order valence-corrected chi connectivity index (χ2v) is 11.7. The Bertz CT molecular complexity index is 1230. The molecular formula is C32H42N4O3S. The predicted octanol–water partition coefficient (Wildman–Crippen LogP) is 4.91. The summed E-state index contributed by atoms with van der Waals surface area (Å²) in [6, 6.07) is 18.8. The molecule has 8 heteroatoms. The topological polar surface area (TPSA) is 90.5 Å². The number of nitrogens with one attached hydrogen (secondary N) is 3. The molecule has 1 saturated carbocycles. The van der Waals surface area contributed by atoms with E-state index >= 15 is 0 Å². The molecule has 0 bridgehead atoms. The molecule has 0 spiro atoms. The van der Waals surface area contributed by atoms with Crippen LogP contribution >= 0.6 is 11.3 Å². The molecule has 0 saturated heterocycles. The lowest BCUT2D eigenvalue weighted by molar-refractivity contribution is -0.133. The molecule has 3 N–H and O–H groups in total. The van der Waals surface area contributed by atoms with Gasteiger partial charge in [-0.1, -0.05) is 81.6 Å². The van der Waals surface area contributed by atoms with Crippen LogP contribution in [0.4, 0.5) is 0 Å². The van der Waals surface area contributed by atoms with Gasteiger partial charge >= 0.3 is 0 Å². The Morgan fingerprint density at radius 2 is 1.65 bits per heavy atom. The summed E-state index contributed by atoms with van der Waals surface area (Å²) in [4.78, 5) is 43.7. The molecular weight excluding hydrogens is 520 g/mol. The van der Waals surface area contributed by atoms with E-state index in [0.29, 0.717) is 30.7 Å². The van der Waals surface area contributed by atoms with Crippen LogP contribution in [0.15, 0.2) is 60.7 Å². The number of carbonyl (C=O) groups excluding carboxylic acids is 3. The molecule has 1 unspecified atom stereocenters. The van der Waals surface area contributed by atoms with Crippen LogP contribution in [-0.2, 0) is 16.0 Å². The number of thiophene rings is 1. The highest BCUT2D eigenvalue weighted by Gasteiger charge is 2.42. The molecule has 3 amide bonds. The molecule has 1 atom stereocenters. The Labute approximate surface area is 241 Å². The van der Waals surface area contributed by atoms with Gasteiger partial charge in [-0.15, -0.1) is 11.3 Å². The van der Waals surface area contributed by atoms with Gasteiger partial charge < -0.3 is 20.9 Å². The van der Waals surface area contributed by atoms with Crippen LogP contribution in [0.5, 0.6) is 0 Å². The van der Waals surface area contributed by atoms with Crippen molar-refractivity contribution in [1.29, 1.82) is 0 Å². The van der Waals surface area contributed by atoms with Crippen molar-refractivity contribution in [3.05, 3.63) is 71.1 Å². The number of amides is 3. The van der Waals surface area contributed by atoms with Crippen LogP contribution in [0.1, 0.15) is 67.6 Å². The Balaban J connectivity index is 1.48. The molecule has 40 heavy (non-hydrogen) atoms. The standard InChI is InChI=1S/C32H42N4O3S/c1-3-36(4-2)21-13-20-33-29(37)26(22-24-14-7-5-8-15-24)34-31(39)32(18-11-6-12-19-32)35-30(38)28-23-25-16-9-10-17-27(25)40-28/h5,7-10,14-17,23,26H,3-4,6,11-13,18-22H2,1-2H3,(H,33,37)(H,34,39)(H,35,38). The van der Waals surface area contributed by atoms with Crippen LogP contribution < -0.4 is 16.0 Å². The van der Waals surface area contributed by atoms with Crippen LogP contribution in [0.2, 0.25) is 0 Å². The van der Waals surface area contributed by atoms with Crippen molar-refractivity contribution in [2.24, 2.45) is 0 Å². The van der Waals surface area contributed by atoms with Gasteiger partial charge in [-0.25, -0.2) is 0 Å². The van der Waals surface area contributed by atoms with E-state index in [9.17, 15) is 14.4 Å². The van der Waals surface area contributed by atoms with Gasteiger partial charge in [0, 0.05) is 17.7 Å². The lowest BCUT2D eigenvalue weighted by Crippen LogP contribution is -2.63. The maximum atomic E-state index is 14.0. The molecule has 0 aliphatic heterocycles. The third-order valence-electron chi connectivity index (χ3n) is 7.89. The minimum absolute atomic E-state index is 0.196. The molecule has 1 aromatic heterocycles. The van der Waals surface area contributed by atoms with Crippen LogP contribution in [0.25, 0.3) is 10.1 Å². The van der Waals surface area contributed by atoms with Crippen molar-refractivity contribution in [3.63, 3.8) is 0 Å². The first kappa shape index (κ1) is 29.7. The van der Waals surface area contributed by atoms with Gasteiger partial charge in [-0.2, -0.15) is 0 Å². The zero-order valence-electron chi connectivity index (χ0n) is 23.7. The van der Waals surface area contributed by atoms with E-state index < -0.39 is 11.6 Å². The summed E-state index contributed by atoms with van der Waals surface area (Å²) >= 11 is 1.43. The SMILES string of the molecule is CCN(CC)CCCNC(=O)C(Cc1ccccc1)NC(=O)C1(NC(=O)c2cc3ccccc3s2)CCCCC1. The van der Waals surface area contributed by atoms with Crippen molar-refractivity contribution in [2.75, 3.05) is 26.2 Å². The van der Waals surface area contributed by atoms with Crippen molar-refractivity contribution >= 4 is 39.1 Å². The Hall–Kier alpha value is -3.23. The van der Waals surface area contributed by atoms with Crippen LogP contribution in [0.3, 0.4) is 0 Å². The number of hydrogen-bond donors (Lipinski definition) is 3. The molecule has 214 valence electrons. The summed E-state index contributed by atoms with van der Waals surface area (Å²) in [5.74, 6) is -0.710. The normalized spacial score (nSPS) is 15.5. The lowest BCUT2D eigenvalue weighted by Gasteiger charge is -2.37. The average molecular weight is 563 g/mol. The number of hydrogen-bond acceptors (Lipinski definition) is 5.